The largest absolute Gasteiger partial charge is 0.494 e. The SMILES string of the molecule is CCOc1ccccc1CCCNC(=O)c1ccc(Cl)c(S(=O)(=O)Nc2ccc(C)cc2C)c1. The molecule has 0 bridgehead atoms. The Labute approximate surface area is 206 Å². The van der Waals surface area contributed by atoms with Crippen molar-refractivity contribution in [3.63, 3.8) is 0 Å². The normalized spacial score (nSPS) is 11.2. The number of halogens is 1. The first-order valence-electron chi connectivity index (χ1n) is 11.1. The van der Waals surface area contributed by atoms with Crippen molar-refractivity contribution in [2.24, 2.45) is 0 Å². The maximum atomic E-state index is 13.0. The number of rotatable bonds is 10. The molecule has 0 spiro atoms. The molecule has 0 heterocycles. The first-order chi connectivity index (χ1) is 16.2. The zero-order valence-corrected chi connectivity index (χ0v) is 21.1. The fourth-order valence-corrected chi connectivity index (χ4v) is 5.23. The Morgan fingerprint density at radius 2 is 1.79 bits per heavy atom. The van der Waals surface area contributed by atoms with Crippen LogP contribution in [0.5, 0.6) is 5.75 Å². The lowest BCUT2D eigenvalue weighted by atomic mass is 10.1. The predicted octanol–water partition coefficient (Wildman–Crippen LogP) is 5.52. The fraction of sp³-hybridized carbons (Fsp3) is 0.269. The minimum atomic E-state index is -3.98. The van der Waals surface area contributed by atoms with E-state index in [9.17, 15) is 13.2 Å². The number of nitrogens with one attached hydrogen (secondary N) is 2. The highest BCUT2D eigenvalue weighted by molar-refractivity contribution is 7.92. The van der Waals surface area contributed by atoms with E-state index in [0.29, 0.717) is 25.3 Å². The molecule has 3 aromatic carbocycles. The monoisotopic (exact) mass is 500 g/mol. The number of carbonyl (C=O) groups is 1. The molecule has 0 saturated carbocycles. The Morgan fingerprint density at radius 3 is 2.53 bits per heavy atom. The summed E-state index contributed by atoms with van der Waals surface area (Å²) in [5, 5.41) is 2.89. The molecule has 0 radical (unpaired) electrons. The summed E-state index contributed by atoms with van der Waals surface area (Å²) in [6.07, 6.45) is 1.46. The van der Waals surface area contributed by atoms with Crippen LogP contribution < -0.4 is 14.8 Å². The molecular weight excluding hydrogens is 472 g/mol. The van der Waals surface area contributed by atoms with Crippen molar-refractivity contribution in [2.75, 3.05) is 17.9 Å². The van der Waals surface area contributed by atoms with Gasteiger partial charge in [-0.2, -0.15) is 0 Å². The van der Waals surface area contributed by atoms with Crippen LogP contribution in [-0.2, 0) is 16.4 Å². The molecule has 3 aromatic rings. The minimum absolute atomic E-state index is 0.0429. The molecule has 0 saturated heterocycles. The zero-order chi connectivity index (χ0) is 24.7. The van der Waals surface area contributed by atoms with Gasteiger partial charge in [-0.25, -0.2) is 8.42 Å². The zero-order valence-electron chi connectivity index (χ0n) is 19.5. The van der Waals surface area contributed by atoms with Crippen LogP contribution in [0.15, 0.2) is 65.6 Å². The van der Waals surface area contributed by atoms with E-state index in [1.54, 1.807) is 6.07 Å². The van der Waals surface area contributed by atoms with Crippen LogP contribution in [0.25, 0.3) is 0 Å². The van der Waals surface area contributed by atoms with E-state index < -0.39 is 10.0 Å². The number of sulfonamides is 1. The Morgan fingerprint density at radius 1 is 1.03 bits per heavy atom. The molecule has 2 N–H and O–H groups in total. The summed E-state index contributed by atoms with van der Waals surface area (Å²) >= 11 is 6.19. The molecule has 0 aliphatic heterocycles. The second-order valence-corrected chi connectivity index (χ2v) is 10.0. The van der Waals surface area contributed by atoms with Crippen LogP contribution in [0.1, 0.15) is 40.4 Å². The van der Waals surface area contributed by atoms with Crippen molar-refractivity contribution >= 4 is 33.2 Å². The van der Waals surface area contributed by atoms with Crippen molar-refractivity contribution in [3.05, 3.63) is 87.9 Å². The molecule has 0 aromatic heterocycles. The van der Waals surface area contributed by atoms with E-state index in [1.165, 1.54) is 18.2 Å². The number of hydrogen-bond donors (Lipinski definition) is 2. The van der Waals surface area contributed by atoms with Crippen LogP contribution >= 0.6 is 11.6 Å². The third-order valence-electron chi connectivity index (χ3n) is 5.29. The fourth-order valence-electron chi connectivity index (χ4n) is 3.57. The van der Waals surface area contributed by atoms with E-state index in [-0.39, 0.29) is 21.4 Å². The second kappa shape index (κ2) is 11.4. The van der Waals surface area contributed by atoms with Crippen LogP contribution in [-0.4, -0.2) is 27.5 Å². The van der Waals surface area contributed by atoms with Crippen molar-refractivity contribution in [3.8, 4) is 5.75 Å². The van der Waals surface area contributed by atoms with Gasteiger partial charge < -0.3 is 10.1 Å². The lowest BCUT2D eigenvalue weighted by Crippen LogP contribution is -2.25. The molecule has 0 unspecified atom stereocenters. The van der Waals surface area contributed by atoms with Gasteiger partial charge in [0.1, 0.15) is 10.6 Å². The lowest BCUT2D eigenvalue weighted by Gasteiger charge is -2.13. The smallest absolute Gasteiger partial charge is 0.263 e. The molecule has 180 valence electrons. The molecule has 0 aliphatic carbocycles. The van der Waals surface area contributed by atoms with Gasteiger partial charge >= 0.3 is 0 Å². The van der Waals surface area contributed by atoms with E-state index >= 15 is 0 Å². The Hall–Kier alpha value is -3.03. The summed E-state index contributed by atoms with van der Waals surface area (Å²) in [7, 11) is -3.98. The molecule has 6 nitrogen and oxygen atoms in total. The summed E-state index contributed by atoms with van der Waals surface area (Å²) in [6.45, 7) is 6.72. The van der Waals surface area contributed by atoms with E-state index in [2.05, 4.69) is 10.0 Å². The van der Waals surface area contributed by atoms with Gasteiger partial charge in [0.05, 0.1) is 17.3 Å². The topological polar surface area (TPSA) is 84.5 Å². The third-order valence-corrected chi connectivity index (χ3v) is 7.14. The maximum absolute atomic E-state index is 13.0. The summed E-state index contributed by atoms with van der Waals surface area (Å²) in [6, 6.07) is 17.5. The first-order valence-corrected chi connectivity index (χ1v) is 13.0. The van der Waals surface area contributed by atoms with Crippen LogP contribution in [0, 0.1) is 13.8 Å². The van der Waals surface area contributed by atoms with Gasteiger partial charge in [-0.1, -0.05) is 47.5 Å². The number of para-hydroxylation sites is 1. The molecule has 0 atom stereocenters. The highest BCUT2D eigenvalue weighted by Crippen LogP contribution is 2.27. The van der Waals surface area contributed by atoms with Crippen molar-refractivity contribution in [1.82, 2.24) is 5.32 Å². The molecule has 0 aliphatic rings. The number of amides is 1. The number of anilines is 1. The minimum Gasteiger partial charge on any atom is -0.494 e. The number of aryl methyl sites for hydroxylation is 3. The molecular formula is C26H29ClN2O4S. The van der Waals surface area contributed by atoms with Gasteiger partial charge in [-0.15, -0.1) is 0 Å². The number of ether oxygens (including phenoxy) is 1. The quantitative estimate of drug-likeness (QED) is 0.359. The maximum Gasteiger partial charge on any atom is 0.263 e. The van der Waals surface area contributed by atoms with Gasteiger partial charge in [0.2, 0.25) is 0 Å². The summed E-state index contributed by atoms with van der Waals surface area (Å²) < 4.78 is 34.2. The van der Waals surface area contributed by atoms with E-state index in [0.717, 1.165) is 28.9 Å². The van der Waals surface area contributed by atoms with Crippen LogP contribution in [0.3, 0.4) is 0 Å². The van der Waals surface area contributed by atoms with Crippen molar-refractivity contribution in [1.29, 1.82) is 0 Å². The highest BCUT2D eigenvalue weighted by Gasteiger charge is 2.21. The van der Waals surface area contributed by atoms with Gasteiger partial charge in [-0.3, -0.25) is 9.52 Å². The summed E-state index contributed by atoms with van der Waals surface area (Å²) in [5.74, 6) is 0.484. The Kier molecular flexibility index (Phi) is 8.58. The van der Waals surface area contributed by atoms with Crippen molar-refractivity contribution < 1.29 is 17.9 Å². The van der Waals surface area contributed by atoms with E-state index in [1.807, 2.05) is 57.2 Å². The van der Waals surface area contributed by atoms with Gasteiger partial charge in [-0.05, 0) is 75.1 Å². The standard InChI is InChI=1S/C26H29ClN2O4S/c1-4-33-24-10-6-5-8-20(24)9-7-15-28-26(30)21-12-13-22(27)25(17-21)34(31,32)29-23-14-11-18(2)16-19(23)3/h5-6,8,10-14,16-17,29H,4,7,9,15H2,1-3H3,(H,28,30). The summed E-state index contributed by atoms with van der Waals surface area (Å²) in [4.78, 5) is 12.5. The van der Waals surface area contributed by atoms with Gasteiger partial charge in [0, 0.05) is 12.1 Å². The van der Waals surface area contributed by atoms with Gasteiger partial charge in [0.15, 0.2) is 0 Å². The second-order valence-electron chi connectivity index (χ2n) is 7.97. The average Bonchev–Trinajstić information content (AvgIpc) is 2.80. The van der Waals surface area contributed by atoms with Crippen molar-refractivity contribution in [2.45, 2.75) is 38.5 Å². The number of carbonyl (C=O) groups excluding carboxylic acids is 1. The highest BCUT2D eigenvalue weighted by atomic mass is 35.5. The van der Waals surface area contributed by atoms with Crippen LogP contribution in [0.4, 0.5) is 5.69 Å². The average molecular weight is 501 g/mol. The van der Waals surface area contributed by atoms with Crippen LogP contribution in [0.2, 0.25) is 5.02 Å². The molecule has 0 fully saturated rings. The summed E-state index contributed by atoms with van der Waals surface area (Å²) in [5.41, 5.74) is 3.58. The molecule has 3 rings (SSSR count). The molecule has 1 amide bonds. The first kappa shape index (κ1) is 25.6. The molecule has 34 heavy (non-hydrogen) atoms. The Bertz CT molecular complexity index is 1280. The number of hydrogen-bond acceptors (Lipinski definition) is 4. The number of benzene rings is 3. The predicted molar refractivity (Wildman–Crippen MR) is 136 cm³/mol. The lowest BCUT2D eigenvalue weighted by molar-refractivity contribution is 0.0953. The van der Waals surface area contributed by atoms with Gasteiger partial charge in [0.25, 0.3) is 15.9 Å². The Balaban J connectivity index is 1.66. The third kappa shape index (κ3) is 6.52. The molecule has 8 heteroatoms. The van der Waals surface area contributed by atoms with E-state index in [4.69, 9.17) is 16.3 Å².